The number of carboxylic acids is 1. The molecule has 2 aromatic carbocycles. The van der Waals surface area contributed by atoms with Crippen LogP contribution < -0.4 is 10.0 Å². The smallest absolute Gasteiger partial charge is 0.269 e. The molecule has 0 aromatic heterocycles. The molecule has 0 spiro atoms. The number of hydrogen-bond donors (Lipinski definition) is 0. The van der Waals surface area contributed by atoms with E-state index in [0.29, 0.717) is 5.92 Å². The molecule has 2 heterocycles. The van der Waals surface area contributed by atoms with Crippen LogP contribution in [0.5, 0.6) is 0 Å². The summed E-state index contributed by atoms with van der Waals surface area (Å²) in [6.45, 7) is 0.860. The van der Waals surface area contributed by atoms with Crippen molar-refractivity contribution < 1.29 is 14.8 Å². The van der Waals surface area contributed by atoms with Crippen LogP contribution in [0.25, 0.3) is 0 Å². The van der Waals surface area contributed by atoms with Crippen LogP contribution in [0.15, 0.2) is 60.7 Å². The van der Waals surface area contributed by atoms with Gasteiger partial charge in [0.05, 0.1) is 16.9 Å². The third kappa shape index (κ3) is 2.60. The van der Waals surface area contributed by atoms with Crippen LogP contribution in [0.3, 0.4) is 0 Å². The van der Waals surface area contributed by atoms with Gasteiger partial charge in [-0.25, -0.2) is 0 Å². The minimum Gasteiger partial charge on any atom is -0.545 e. The number of carbonyl (C=O) groups excluding carboxylic acids is 1. The van der Waals surface area contributed by atoms with Gasteiger partial charge in [-0.3, -0.25) is 10.1 Å². The molecule has 6 nitrogen and oxygen atoms in total. The molecule has 4 aliphatic rings. The molecule has 0 amide bonds. The quantitative estimate of drug-likeness (QED) is 0.433. The van der Waals surface area contributed by atoms with Crippen molar-refractivity contribution in [3.63, 3.8) is 0 Å². The highest BCUT2D eigenvalue weighted by Gasteiger charge is 2.48. The van der Waals surface area contributed by atoms with Crippen LogP contribution in [-0.2, 0) is 0 Å². The minimum atomic E-state index is -1.14. The molecule has 0 N–H and O–H groups in total. The van der Waals surface area contributed by atoms with Gasteiger partial charge in [0.2, 0.25) is 0 Å². The third-order valence-corrected chi connectivity index (χ3v) is 7.51. The highest BCUT2D eigenvalue weighted by atomic mass is 16.6. The lowest BCUT2D eigenvalue weighted by atomic mass is 9.70. The normalized spacial score (nSPS) is 29.4. The summed E-state index contributed by atoms with van der Waals surface area (Å²) in [6.07, 6.45) is 10.6. The summed E-state index contributed by atoms with van der Waals surface area (Å²) in [6, 6.07) is 10.6. The van der Waals surface area contributed by atoms with E-state index in [1.54, 1.807) is 24.3 Å². The summed E-state index contributed by atoms with van der Waals surface area (Å²) in [5, 5.41) is 23.2. The summed E-state index contributed by atoms with van der Waals surface area (Å²) in [5.74, 6) is -0.253. The van der Waals surface area contributed by atoms with E-state index >= 15 is 0 Å². The Labute approximate surface area is 179 Å². The maximum absolute atomic E-state index is 11.8. The molecule has 2 aliphatic heterocycles. The Morgan fingerprint density at radius 1 is 1.03 bits per heavy atom. The fourth-order valence-corrected chi connectivity index (χ4v) is 6.30. The van der Waals surface area contributed by atoms with Crippen molar-refractivity contribution in [1.29, 1.82) is 0 Å². The number of carbonyl (C=O) groups is 1. The molecule has 5 atom stereocenters. The summed E-state index contributed by atoms with van der Waals surface area (Å²) in [4.78, 5) is 25.3. The first-order valence-electron chi connectivity index (χ1n) is 10.8. The number of aromatic carboxylic acids is 1. The number of nitrogens with zero attached hydrogens (tertiary/aromatic N) is 2. The highest BCUT2D eigenvalue weighted by Crippen LogP contribution is 2.59. The van der Waals surface area contributed by atoms with Crippen molar-refractivity contribution in [3.05, 3.63) is 93.1 Å². The molecule has 0 saturated carbocycles. The number of nitro benzene ring substituents is 1. The molecule has 6 heteroatoms. The number of carboxylic acid groups (broad SMARTS) is 1. The van der Waals surface area contributed by atoms with Crippen molar-refractivity contribution in [3.8, 4) is 0 Å². The Balaban J connectivity index is 1.58. The van der Waals surface area contributed by atoms with E-state index in [0.717, 1.165) is 41.8 Å². The number of hydrogen-bond acceptors (Lipinski definition) is 5. The fraction of sp³-hybridized carbons (Fsp3) is 0.320. The van der Waals surface area contributed by atoms with E-state index in [9.17, 15) is 20.0 Å². The number of anilines is 1. The first-order valence-corrected chi connectivity index (χ1v) is 10.8. The van der Waals surface area contributed by atoms with Gasteiger partial charge in [-0.2, -0.15) is 0 Å². The van der Waals surface area contributed by atoms with Gasteiger partial charge in [0.15, 0.2) is 0 Å². The highest BCUT2D eigenvalue weighted by molar-refractivity contribution is 5.89. The summed E-state index contributed by atoms with van der Waals surface area (Å²) < 4.78 is 0. The van der Waals surface area contributed by atoms with Gasteiger partial charge < -0.3 is 14.8 Å². The van der Waals surface area contributed by atoms with Crippen molar-refractivity contribution in [1.82, 2.24) is 0 Å². The molecule has 31 heavy (non-hydrogen) atoms. The van der Waals surface area contributed by atoms with Crippen molar-refractivity contribution in [2.75, 3.05) is 11.4 Å². The standard InChI is InChI=1S/C25H22N2O4/c28-25(29)16-11-21-18-7-2-5-15(18)13-26-23(14-4-1-6-17(10-14)27(30)31)20-9-3-8-19(20)22(12-16)24(21)26/h1-4,6-8,10-12,15,18-20,23H,5,9,13H2,(H,28,29)/p-1/t15-,18+,19+,20-,23-/m1/s1. The molecule has 0 radical (unpaired) electrons. The lowest BCUT2D eigenvalue weighted by molar-refractivity contribution is -0.384. The van der Waals surface area contributed by atoms with E-state index in [2.05, 4.69) is 29.2 Å². The Hall–Kier alpha value is -3.41. The molecule has 2 aliphatic carbocycles. The monoisotopic (exact) mass is 413 g/mol. The SMILES string of the molecule is O=C([O-])c1cc2c3c(c1)[C@H]1C=CC[C@H]1[C@@H](c1cccc([N+](=O)[O-])c1)N3C[C@H]1CC=C[C@H]21. The van der Waals surface area contributed by atoms with E-state index < -0.39 is 5.97 Å². The van der Waals surface area contributed by atoms with Crippen molar-refractivity contribution >= 4 is 17.3 Å². The molecule has 6 rings (SSSR count). The Morgan fingerprint density at radius 2 is 1.77 bits per heavy atom. The van der Waals surface area contributed by atoms with E-state index in [1.165, 1.54) is 6.07 Å². The molecule has 0 saturated heterocycles. The van der Waals surface area contributed by atoms with Crippen LogP contribution in [0.4, 0.5) is 11.4 Å². The second-order valence-electron chi connectivity index (χ2n) is 9.04. The lowest BCUT2D eigenvalue weighted by Crippen LogP contribution is -2.46. The molecule has 156 valence electrons. The fourth-order valence-electron chi connectivity index (χ4n) is 6.30. The predicted octanol–water partition coefficient (Wildman–Crippen LogP) is 3.85. The van der Waals surface area contributed by atoms with Gasteiger partial charge >= 0.3 is 0 Å². The zero-order chi connectivity index (χ0) is 21.3. The largest absolute Gasteiger partial charge is 0.545 e. The average molecular weight is 413 g/mol. The van der Waals surface area contributed by atoms with Crippen molar-refractivity contribution in [2.45, 2.75) is 30.7 Å². The van der Waals surface area contributed by atoms with Crippen LogP contribution in [-0.4, -0.2) is 17.4 Å². The van der Waals surface area contributed by atoms with E-state index in [-0.39, 0.29) is 40.0 Å². The maximum Gasteiger partial charge on any atom is 0.269 e. The van der Waals surface area contributed by atoms with E-state index in [4.69, 9.17) is 0 Å². The molecule has 0 bridgehead atoms. The van der Waals surface area contributed by atoms with Gasteiger partial charge in [0, 0.05) is 36.2 Å². The van der Waals surface area contributed by atoms with Gasteiger partial charge in [-0.05, 0) is 59.1 Å². The first-order chi connectivity index (χ1) is 15.0. The summed E-state index contributed by atoms with van der Waals surface area (Å²) in [7, 11) is 0. The van der Waals surface area contributed by atoms with Gasteiger partial charge in [-0.1, -0.05) is 36.4 Å². The van der Waals surface area contributed by atoms with Crippen LogP contribution >= 0.6 is 0 Å². The second kappa shape index (κ2) is 6.54. The van der Waals surface area contributed by atoms with Crippen LogP contribution in [0, 0.1) is 22.0 Å². The Bertz CT molecular complexity index is 1170. The Kier molecular flexibility index (Phi) is 3.88. The summed E-state index contributed by atoms with van der Waals surface area (Å²) >= 11 is 0. The van der Waals surface area contributed by atoms with Crippen LogP contribution in [0.2, 0.25) is 0 Å². The third-order valence-electron chi connectivity index (χ3n) is 7.51. The molecule has 2 aromatic rings. The number of non-ortho nitro benzene ring substituents is 1. The zero-order valence-electron chi connectivity index (χ0n) is 16.8. The average Bonchev–Trinajstić information content (AvgIpc) is 3.43. The Morgan fingerprint density at radius 3 is 2.55 bits per heavy atom. The van der Waals surface area contributed by atoms with Gasteiger partial charge in [-0.15, -0.1) is 0 Å². The van der Waals surface area contributed by atoms with E-state index in [1.807, 2.05) is 6.07 Å². The number of benzene rings is 2. The molecule has 0 unspecified atom stereocenters. The topological polar surface area (TPSA) is 86.5 Å². The number of rotatable bonds is 3. The number of fused-ring (bicyclic) bond motifs is 4. The lowest BCUT2D eigenvalue weighted by Gasteiger charge is -2.51. The van der Waals surface area contributed by atoms with Gasteiger partial charge in [0.25, 0.3) is 5.69 Å². The first kappa shape index (κ1) is 18.4. The van der Waals surface area contributed by atoms with Crippen LogP contribution in [0.1, 0.15) is 57.8 Å². The molecular weight excluding hydrogens is 392 g/mol. The summed E-state index contributed by atoms with van der Waals surface area (Å²) in [5.41, 5.74) is 4.52. The molecular formula is C25H21N2O4-. The number of nitro groups is 1. The maximum atomic E-state index is 11.8. The minimum absolute atomic E-state index is 0.0153. The molecule has 0 fully saturated rings. The predicted molar refractivity (Wildman–Crippen MR) is 114 cm³/mol. The number of allylic oxidation sites excluding steroid dienone is 4. The van der Waals surface area contributed by atoms with Crippen molar-refractivity contribution in [2.24, 2.45) is 11.8 Å². The second-order valence-corrected chi connectivity index (χ2v) is 9.04. The van der Waals surface area contributed by atoms with Gasteiger partial charge in [0.1, 0.15) is 0 Å². The zero-order valence-corrected chi connectivity index (χ0v) is 16.8.